The molecule has 0 bridgehead atoms. The summed E-state index contributed by atoms with van der Waals surface area (Å²) in [5.41, 5.74) is 1.31. The van der Waals surface area contributed by atoms with Gasteiger partial charge in [0, 0.05) is 33.0 Å². The van der Waals surface area contributed by atoms with Crippen LogP contribution in [0.4, 0.5) is 0 Å². The highest BCUT2D eigenvalue weighted by atomic mass is 16.6. The third kappa shape index (κ3) is 33.1. The third-order valence-corrected chi connectivity index (χ3v) is 10.8. The molecule has 5 unspecified atom stereocenters. The van der Waals surface area contributed by atoms with Gasteiger partial charge in [-0.1, -0.05) is 138 Å². The van der Waals surface area contributed by atoms with Gasteiger partial charge in [0.05, 0.1) is 13.2 Å². The van der Waals surface area contributed by atoms with E-state index < -0.39 is 18.3 Å². The van der Waals surface area contributed by atoms with Crippen LogP contribution in [0.2, 0.25) is 0 Å². The SMILES string of the molecule is CC(CCOC[C@H](OCCC(C)CC(C)(C)C)[C@@H](OCCC(C)CC(C)(C)C)[C@H](OCCC(C)CC(C)(C)C)[C@@H](CO)OCCC(C)CC(C)(C)C)CC(C)(C)C. The first-order valence-corrected chi connectivity index (χ1v) is 23.5. The van der Waals surface area contributed by atoms with Gasteiger partial charge in [0.1, 0.15) is 24.4 Å². The maximum atomic E-state index is 11.1. The van der Waals surface area contributed by atoms with Crippen LogP contribution in [0.1, 0.15) is 203 Å². The molecular formula is C51H104O6. The highest BCUT2D eigenvalue weighted by molar-refractivity contribution is 4.87. The Morgan fingerprint density at radius 2 is 0.596 bits per heavy atom. The average Bonchev–Trinajstić information content (AvgIpc) is 2.97. The van der Waals surface area contributed by atoms with Gasteiger partial charge in [0.25, 0.3) is 0 Å². The van der Waals surface area contributed by atoms with Crippen LogP contribution in [0.3, 0.4) is 0 Å². The zero-order chi connectivity index (χ0) is 44.3. The molecule has 0 aliphatic carbocycles. The molecule has 0 spiro atoms. The van der Waals surface area contributed by atoms with Crippen molar-refractivity contribution in [2.75, 3.05) is 46.2 Å². The minimum Gasteiger partial charge on any atom is -0.394 e. The van der Waals surface area contributed by atoms with Crippen LogP contribution < -0.4 is 0 Å². The maximum absolute atomic E-state index is 11.1. The van der Waals surface area contributed by atoms with Crippen molar-refractivity contribution >= 4 is 0 Å². The number of aliphatic hydroxyl groups is 1. The molecule has 6 nitrogen and oxygen atoms in total. The molecule has 0 aromatic heterocycles. The van der Waals surface area contributed by atoms with Crippen LogP contribution >= 0.6 is 0 Å². The summed E-state index contributed by atoms with van der Waals surface area (Å²) < 4.78 is 34.1. The van der Waals surface area contributed by atoms with E-state index in [0.717, 1.165) is 64.2 Å². The molecule has 0 fully saturated rings. The van der Waals surface area contributed by atoms with Crippen molar-refractivity contribution in [1.82, 2.24) is 0 Å². The second kappa shape index (κ2) is 27.0. The monoisotopic (exact) mass is 813 g/mol. The molecule has 0 rings (SSSR count). The number of rotatable bonds is 30. The fourth-order valence-corrected chi connectivity index (χ4v) is 9.19. The molecule has 6 heteroatoms. The first-order chi connectivity index (χ1) is 25.9. The van der Waals surface area contributed by atoms with Crippen molar-refractivity contribution < 1.29 is 28.8 Å². The molecule has 0 radical (unpaired) electrons. The summed E-state index contributed by atoms with van der Waals surface area (Å²) in [4.78, 5) is 0. The predicted molar refractivity (Wildman–Crippen MR) is 246 cm³/mol. The van der Waals surface area contributed by atoms with Crippen molar-refractivity contribution in [1.29, 1.82) is 0 Å². The molecule has 0 saturated heterocycles. The molecule has 57 heavy (non-hydrogen) atoms. The van der Waals surface area contributed by atoms with E-state index in [2.05, 4.69) is 138 Å². The van der Waals surface area contributed by atoms with Gasteiger partial charge in [-0.05, 0) is 121 Å². The van der Waals surface area contributed by atoms with E-state index in [1.54, 1.807) is 0 Å². The van der Waals surface area contributed by atoms with Crippen molar-refractivity contribution in [2.45, 2.75) is 227 Å². The van der Waals surface area contributed by atoms with E-state index in [1.165, 1.54) is 0 Å². The third-order valence-electron chi connectivity index (χ3n) is 10.8. The standard InChI is InChI=1S/C51H104O6/c1-38(31-47(6,7)8)21-26-53-37-44(55-28-23-40(3)33-49(12,13)14)46(57-30-25-42(5)35-51(18,19)20)45(56-29-24-41(4)34-50(15,16)17)43(36-52)54-27-22-39(2)32-48(9,10)11/h38-46,52H,21-37H2,1-20H3/t38?,39?,40?,41?,42?,43-,44+,45-,46-/m1/s1. The zero-order valence-electron chi connectivity index (χ0n) is 42.2. The van der Waals surface area contributed by atoms with Crippen molar-refractivity contribution in [3.63, 3.8) is 0 Å². The summed E-state index contributed by atoms with van der Waals surface area (Å²) in [5.74, 6) is 2.62. The van der Waals surface area contributed by atoms with Gasteiger partial charge >= 0.3 is 0 Å². The molecule has 0 aliphatic rings. The van der Waals surface area contributed by atoms with E-state index in [-0.39, 0.29) is 39.8 Å². The van der Waals surface area contributed by atoms with E-state index in [1.807, 2.05) is 0 Å². The zero-order valence-corrected chi connectivity index (χ0v) is 42.2. The Hall–Kier alpha value is -0.240. The second-order valence-electron chi connectivity index (χ2n) is 25.0. The summed E-state index contributed by atoms with van der Waals surface area (Å²) in [6.45, 7) is 49.6. The molecule has 0 aliphatic heterocycles. The molecule has 0 heterocycles. The fourth-order valence-electron chi connectivity index (χ4n) is 9.19. The van der Waals surface area contributed by atoms with Gasteiger partial charge in [0.15, 0.2) is 0 Å². The van der Waals surface area contributed by atoms with Crippen LogP contribution in [0.25, 0.3) is 0 Å². The number of aliphatic hydroxyl groups excluding tert-OH is 1. The lowest BCUT2D eigenvalue weighted by Crippen LogP contribution is -2.52. The minimum atomic E-state index is -0.542. The van der Waals surface area contributed by atoms with Gasteiger partial charge in [-0.2, -0.15) is 0 Å². The van der Waals surface area contributed by atoms with Crippen molar-refractivity contribution in [3.05, 3.63) is 0 Å². The fraction of sp³-hybridized carbons (Fsp3) is 1.00. The highest BCUT2D eigenvalue weighted by Crippen LogP contribution is 2.31. The Labute approximate surface area is 357 Å². The molecule has 0 amide bonds. The lowest BCUT2D eigenvalue weighted by molar-refractivity contribution is -0.197. The number of hydrogen-bond donors (Lipinski definition) is 1. The van der Waals surface area contributed by atoms with Gasteiger partial charge in [-0.25, -0.2) is 0 Å². The quantitative estimate of drug-likeness (QED) is 0.0729. The Bertz CT molecular complexity index is 976. The predicted octanol–water partition coefficient (Wildman–Crippen LogP) is 13.8. The van der Waals surface area contributed by atoms with Crippen molar-refractivity contribution in [3.8, 4) is 0 Å². The summed E-state index contributed by atoms with van der Waals surface area (Å²) >= 11 is 0. The second-order valence-corrected chi connectivity index (χ2v) is 25.0. The molecule has 0 saturated carbocycles. The molecule has 9 atom stereocenters. The summed E-state index contributed by atoms with van der Waals surface area (Å²) in [7, 11) is 0. The minimum absolute atomic E-state index is 0.142. The van der Waals surface area contributed by atoms with Crippen LogP contribution in [-0.2, 0) is 23.7 Å². The first kappa shape index (κ1) is 56.8. The van der Waals surface area contributed by atoms with Gasteiger partial charge in [-0.15, -0.1) is 0 Å². The normalized spacial score (nSPS) is 18.5. The van der Waals surface area contributed by atoms with Crippen LogP contribution in [0.5, 0.6) is 0 Å². The van der Waals surface area contributed by atoms with E-state index in [0.29, 0.717) is 69.2 Å². The van der Waals surface area contributed by atoms with Crippen LogP contribution in [-0.4, -0.2) is 75.8 Å². The largest absolute Gasteiger partial charge is 0.394 e. The Balaban J connectivity index is 6.72. The van der Waals surface area contributed by atoms with Gasteiger partial charge in [0.2, 0.25) is 0 Å². The summed E-state index contributed by atoms with van der Waals surface area (Å²) in [6.07, 6.45) is 8.58. The van der Waals surface area contributed by atoms with Crippen molar-refractivity contribution in [2.24, 2.45) is 56.7 Å². The summed E-state index contributed by atoms with van der Waals surface area (Å²) in [6, 6.07) is 0. The summed E-state index contributed by atoms with van der Waals surface area (Å²) in [5, 5.41) is 11.1. The maximum Gasteiger partial charge on any atom is 0.115 e. The van der Waals surface area contributed by atoms with E-state index in [4.69, 9.17) is 23.7 Å². The molecule has 344 valence electrons. The van der Waals surface area contributed by atoms with Gasteiger partial charge in [-0.3, -0.25) is 0 Å². The molecule has 0 aromatic carbocycles. The molecule has 1 N–H and O–H groups in total. The van der Waals surface area contributed by atoms with Crippen LogP contribution in [0, 0.1) is 56.7 Å². The average molecular weight is 813 g/mol. The smallest absolute Gasteiger partial charge is 0.115 e. The Morgan fingerprint density at radius 1 is 0.351 bits per heavy atom. The molecular weight excluding hydrogens is 709 g/mol. The highest BCUT2D eigenvalue weighted by Gasteiger charge is 2.39. The van der Waals surface area contributed by atoms with E-state index in [9.17, 15) is 5.11 Å². The number of hydrogen-bond acceptors (Lipinski definition) is 6. The topological polar surface area (TPSA) is 66.4 Å². The first-order valence-electron chi connectivity index (χ1n) is 23.5. The van der Waals surface area contributed by atoms with Crippen LogP contribution in [0.15, 0.2) is 0 Å². The Morgan fingerprint density at radius 3 is 0.877 bits per heavy atom. The lowest BCUT2D eigenvalue weighted by Gasteiger charge is -2.38. The Kier molecular flexibility index (Phi) is 26.8. The van der Waals surface area contributed by atoms with Gasteiger partial charge < -0.3 is 28.8 Å². The number of ether oxygens (including phenoxy) is 5. The lowest BCUT2D eigenvalue weighted by atomic mass is 9.84. The molecule has 0 aromatic rings. The van der Waals surface area contributed by atoms with E-state index >= 15 is 0 Å².